The van der Waals surface area contributed by atoms with Gasteiger partial charge in [-0.1, -0.05) is 32.6 Å². The van der Waals surface area contributed by atoms with Crippen LogP contribution in [-0.4, -0.2) is 88.4 Å². The number of esters is 2. The van der Waals surface area contributed by atoms with Gasteiger partial charge in [0, 0.05) is 39.5 Å². The SMILES string of the molecule is CCCCCCC(CCC(=O)OCC(COC)COC(=O)CCCCCC=O)OC(=O)NCCN1CCCC1. The Kier molecular flexibility index (Phi) is 21.1. The summed E-state index contributed by atoms with van der Waals surface area (Å²) in [7, 11) is 1.54. The molecule has 0 aliphatic carbocycles. The average molecular weight is 557 g/mol. The van der Waals surface area contributed by atoms with Crippen LogP contribution in [0.5, 0.6) is 0 Å². The highest BCUT2D eigenvalue weighted by atomic mass is 16.6. The molecule has 1 aliphatic heterocycles. The summed E-state index contributed by atoms with van der Waals surface area (Å²) in [5.74, 6) is -0.954. The molecule has 0 spiro atoms. The van der Waals surface area contributed by atoms with E-state index in [0.717, 1.165) is 64.4 Å². The summed E-state index contributed by atoms with van der Waals surface area (Å²) < 4.78 is 21.6. The molecule has 1 saturated heterocycles. The van der Waals surface area contributed by atoms with E-state index in [9.17, 15) is 19.2 Å². The zero-order valence-corrected chi connectivity index (χ0v) is 24.3. The van der Waals surface area contributed by atoms with Gasteiger partial charge in [0.1, 0.15) is 12.4 Å². The molecule has 0 saturated carbocycles. The van der Waals surface area contributed by atoms with Crippen molar-refractivity contribution in [2.45, 2.75) is 103 Å². The lowest BCUT2D eigenvalue weighted by Gasteiger charge is -2.20. The highest BCUT2D eigenvalue weighted by Crippen LogP contribution is 2.15. The Labute approximate surface area is 234 Å². The number of amides is 1. The Bertz CT molecular complexity index is 670. The average Bonchev–Trinajstić information content (AvgIpc) is 3.44. The lowest BCUT2D eigenvalue weighted by atomic mass is 10.1. The Morgan fingerprint density at radius 2 is 1.56 bits per heavy atom. The maximum atomic E-state index is 12.4. The summed E-state index contributed by atoms with van der Waals surface area (Å²) in [6.07, 6.45) is 11.1. The van der Waals surface area contributed by atoms with E-state index < -0.39 is 6.09 Å². The van der Waals surface area contributed by atoms with Crippen LogP contribution in [0.3, 0.4) is 0 Å². The number of nitrogens with zero attached hydrogens (tertiary/aromatic N) is 1. The van der Waals surface area contributed by atoms with E-state index in [1.54, 1.807) is 7.11 Å². The summed E-state index contributed by atoms with van der Waals surface area (Å²) >= 11 is 0. The number of rotatable bonds is 24. The second kappa shape index (κ2) is 23.7. The van der Waals surface area contributed by atoms with E-state index in [0.29, 0.717) is 45.3 Å². The Morgan fingerprint density at radius 1 is 0.872 bits per heavy atom. The number of carbonyl (C=O) groups is 4. The second-order valence-electron chi connectivity index (χ2n) is 10.3. The van der Waals surface area contributed by atoms with Gasteiger partial charge in [-0.2, -0.15) is 0 Å². The minimum absolute atomic E-state index is 0.0816. The summed E-state index contributed by atoms with van der Waals surface area (Å²) in [5.41, 5.74) is 0. The summed E-state index contributed by atoms with van der Waals surface area (Å²) in [4.78, 5) is 49.4. The Morgan fingerprint density at radius 3 is 2.23 bits per heavy atom. The van der Waals surface area contributed by atoms with Crippen LogP contribution in [0.2, 0.25) is 0 Å². The fraction of sp³-hybridized carbons (Fsp3) is 0.862. The molecule has 226 valence electrons. The molecule has 1 rings (SSSR count). The molecule has 0 radical (unpaired) electrons. The second-order valence-corrected chi connectivity index (χ2v) is 10.3. The molecule has 2 unspecified atom stereocenters. The zero-order valence-electron chi connectivity index (χ0n) is 24.3. The third-order valence-electron chi connectivity index (χ3n) is 6.79. The quantitative estimate of drug-likeness (QED) is 0.0797. The Balaban J connectivity index is 2.36. The van der Waals surface area contributed by atoms with E-state index in [1.165, 1.54) is 12.8 Å². The standard InChI is InChI=1S/C29H52N2O8/c1-3-4-5-8-13-26(39-29(35)30-17-20-31-18-10-11-19-31)15-16-28(34)38-24-25(22-36-2)23-37-27(33)14-9-6-7-12-21-32/h21,25-26H,3-20,22-24H2,1-2H3,(H,30,35). The fourth-order valence-electron chi connectivity index (χ4n) is 4.47. The fourth-order valence-corrected chi connectivity index (χ4v) is 4.47. The highest BCUT2D eigenvalue weighted by molar-refractivity contribution is 5.70. The van der Waals surface area contributed by atoms with Crippen molar-refractivity contribution in [3.63, 3.8) is 0 Å². The lowest BCUT2D eigenvalue weighted by molar-refractivity contribution is -0.150. The summed E-state index contributed by atoms with van der Waals surface area (Å²) in [6.45, 7) is 6.16. The molecule has 1 N–H and O–H groups in total. The summed E-state index contributed by atoms with van der Waals surface area (Å²) in [6, 6.07) is 0. The normalized spacial score (nSPS) is 14.9. The maximum absolute atomic E-state index is 12.4. The van der Waals surface area contributed by atoms with Crippen LogP contribution in [0.1, 0.15) is 96.8 Å². The van der Waals surface area contributed by atoms with Crippen molar-refractivity contribution in [3.05, 3.63) is 0 Å². The number of carbonyl (C=O) groups excluding carboxylic acids is 4. The molecule has 2 atom stereocenters. The van der Waals surface area contributed by atoms with E-state index in [2.05, 4.69) is 17.1 Å². The molecule has 1 heterocycles. The van der Waals surface area contributed by atoms with Crippen molar-refractivity contribution in [2.75, 3.05) is 53.1 Å². The first-order valence-electron chi connectivity index (χ1n) is 14.9. The first-order chi connectivity index (χ1) is 19.0. The van der Waals surface area contributed by atoms with Crippen molar-refractivity contribution >= 4 is 24.3 Å². The predicted molar refractivity (Wildman–Crippen MR) is 148 cm³/mol. The van der Waals surface area contributed by atoms with Gasteiger partial charge in [0.05, 0.1) is 25.7 Å². The van der Waals surface area contributed by atoms with E-state index in [-0.39, 0.29) is 43.6 Å². The number of unbranched alkanes of at least 4 members (excludes halogenated alkanes) is 6. The highest BCUT2D eigenvalue weighted by Gasteiger charge is 2.19. The molecule has 10 nitrogen and oxygen atoms in total. The molecular weight excluding hydrogens is 504 g/mol. The third-order valence-corrected chi connectivity index (χ3v) is 6.79. The van der Waals surface area contributed by atoms with Gasteiger partial charge in [0.2, 0.25) is 0 Å². The van der Waals surface area contributed by atoms with Crippen molar-refractivity contribution in [2.24, 2.45) is 5.92 Å². The number of aldehydes is 1. The molecule has 39 heavy (non-hydrogen) atoms. The minimum Gasteiger partial charge on any atom is -0.465 e. The first-order valence-corrected chi connectivity index (χ1v) is 14.9. The number of likely N-dealkylation sites (tertiary alicyclic amines) is 1. The number of methoxy groups -OCH3 is 1. The minimum atomic E-state index is -0.436. The van der Waals surface area contributed by atoms with Crippen molar-refractivity contribution in [3.8, 4) is 0 Å². The lowest BCUT2D eigenvalue weighted by Crippen LogP contribution is -2.35. The van der Waals surface area contributed by atoms with Crippen LogP contribution in [0, 0.1) is 5.92 Å². The van der Waals surface area contributed by atoms with Crippen molar-refractivity contribution < 1.29 is 38.1 Å². The largest absolute Gasteiger partial charge is 0.465 e. The van der Waals surface area contributed by atoms with Gasteiger partial charge in [0.15, 0.2) is 0 Å². The van der Waals surface area contributed by atoms with Crippen LogP contribution < -0.4 is 5.32 Å². The molecule has 0 aromatic rings. The van der Waals surface area contributed by atoms with Crippen molar-refractivity contribution in [1.29, 1.82) is 0 Å². The van der Waals surface area contributed by atoms with Gasteiger partial charge in [-0.05, 0) is 58.0 Å². The summed E-state index contributed by atoms with van der Waals surface area (Å²) in [5, 5.41) is 2.84. The van der Waals surface area contributed by atoms with Gasteiger partial charge < -0.3 is 34.0 Å². The molecule has 0 bridgehead atoms. The number of ether oxygens (including phenoxy) is 4. The van der Waals surface area contributed by atoms with Crippen LogP contribution in [0.15, 0.2) is 0 Å². The maximum Gasteiger partial charge on any atom is 0.407 e. The zero-order chi connectivity index (χ0) is 28.6. The molecule has 10 heteroatoms. The van der Waals surface area contributed by atoms with Crippen LogP contribution in [-0.2, 0) is 33.3 Å². The smallest absolute Gasteiger partial charge is 0.407 e. The Hall–Kier alpha value is -2.20. The van der Waals surface area contributed by atoms with Crippen LogP contribution in [0.4, 0.5) is 4.79 Å². The topological polar surface area (TPSA) is 120 Å². The molecule has 1 amide bonds. The van der Waals surface area contributed by atoms with E-state index >= 15 is 0 Å². The third kappa shape index (κ3) is 19.5. The van der Waals surface area contributed by atoms with Crippen LogP contribution >= 0.6 is 0 Å². The predicted octanol–water partition coefficient (Wildman–Crippen LogP) is 4.43. The van der Waals surface area contributed by atoms with Gasteiger partial charge in [0.25, 0.3) is 0 Å². The van der Waals surface area contributed by atoms with E-state index in [1.807, 2.05) is 0 Å². The molecule has 1 aliphatic rings. The number of nitrogens with one attached hydrogen (secondary N) is 1. The van der Waals surface area contributed by atoms with Crippen LogP contribution in [0.25, 0.3) is 0 Å². The van der Waals surface area contributed by atoms with Gasteiger partial charge in [-0.3, -0.25) is 9.59 Å². The number of hydrogen-bond acceptors (Lipinski definition) is 9. The molecule has 0 aromatic heterocycles. The number of alkyl carbamates (subject to hydrolysis) is 1. The molecule has 0 aromatic carbocycles. The molecule has 1 fully saturated rings. The van der Waals surface area contributed by atoms with Gasteiger partial charge in [-0.25, -0.2) is 4.79 Å². The van der Waals surface area contributed by atoms with Crippen molar-refractivity contribution in [1.82, 2.24) is 10.2 Å². The first kappa shape index (κ1) is 34.8. The van der Waals surface area contributed by atoms with Gasteiger partial charge in [-0.15, -0.1) is 0 Å². The molecular formula is C29H52N2O8. The van der Waals surface area contributed by atoms with E-state index in [4.69, 9.17) is 18.9 Å². The number of hydrogen-bond donors (Lipinski definition) is 1. The van der Waals surface area contributed by atoms with Gasteiger partial charge >= 0.3 is 18.0 Å². The monoisotopic (exact) mass is 556 g/mol.